The van der Waals surface area contributed by atoms with Crippen LogP contribution in [0.5, 0.6) is 5.75 Å². The maximum absolute atomic E-state index is 8.89. The van der Waals surface area contributed by atoms with Gasteiger partial charge in [-0.1, -0.05) is 6.07 Å². The van der Waals surface area contributed by atoms with Crippen LogP contribution in [0.3, 0.4) is 0 Å². The lowest BCUT2D eigenvalue weighted by Gasteiger charge is -2.33. The molecule has 0 saturated carbocycles. The molecule has 0 bridgehead atoms. The first kappa shape index (κ1) is 16.2. The molecule has 0 amide bonds. The molecule has 6 heteroatoms. The summed E-state index contributed by atoms with van der Waals surface area (Å²) in [6.45, 7) is 3.31. The molecule has 0 spiro atoms. The number of hydrogen-bond acceptors (Lipinski definition) is 6. The summed E-state index contributed by atoms with van der Waals surface area (Å²) in [6.07, 6.45) is 3.99. The van der Waals surface area contributed by atoms with E-state index >= 15 is 0 Å². The highest BCUT2D eigenvalue weighted by Gasteiger charge is 2.20. The maximum Gasteiger partial charge on any atom is 0.151 e. The van der Waals surface area contributed by atoms with Crippen molar-refractivity contribution >= 4 is 5.82 Å². The number of ether oxygens (including phenoxy) is 1. The van der Waals surface area contributed by atoms with Gasteiger partial charge in [0.2, 0.25) is 0 Å². The Bertz CT molecular complexity index is 685. The van der Waals surface area contributed by atoms with Crippen LogP contribution in [0.15, 0.2) is 42.6 Å². The van der Waals surface area contributed by atoms with E-state index in [1.54, 1.807) is 18.3 Å². The molecule has 0 aliphatic carbocycles. The normalized spacial score (nSPS) is 17.3. The zero-order valence-electron chi connectivity index (χ0n) is 13.6. The number of aromatic nitrogens is 2. The summed E-state index contributed by atoms with van der Waals surface area (Å²) in [5, 5.41) is 20.6. The molecule has 1 N–H and O–H groups in total. The molecule has 1 saturated heterocycles. The van der Waals surface area contributed by atoms with E-state index in [0.717, 1.165) is 44.0 Å². The predicted octanol–water partition coefficient (Wildman–Crippen LogP) is 1.99. The molecule has 1 aromatic carbocycles. The number of nitrogens with zero attached hydrogens (tertiary/aromatic N) is 4. The molecule has 2 aromatic rings. The fraction of sp³-hybridized carbons (Fsp3) is 0.389. The van der Waals surface area contributed by atoms with E-state index in [-0.39, 0.29) is 0 Å². The topological polar surface area (TPSA) is 74.1 Å². The van der Waals surface area contributed by atoms with E-state index in [1.807, 2.05) is 24.3 Å². The summed E-state index contributed by atoms with van der Waals surface area (Å²) >= 11 is 0. The summed E-state index contributed by atoms with van der Waals surface area (Å²) in [5.74, 6) is 1.68. The lowest BCUT2D eigenvalue weighted by atomic mass is 10.1. The van der Waals surface area contributed by atoms with Crippen molar-refractivity contribution in [1.82, 2.24) is 15.5 Å². The van der Waals surface area contributed by atoms with Gasteiger partial charge in [-0.3, -0.25) is 0 Å². The number of rotatable bonds is 6. The van der Waals surface area contributed by atoms with Crippen LogP contribution in [0.25, 0.3) is 0 Å². The quantitative estimate of drug-likeness (QED) is 0.820. The van der Waals surface area contributed by atoms with Gasteiger partial charge in [-0.05, 0) is 43.2 Å². The first-order valence-electron chi connectivity index (χ1n) is 8.24. The summed E-state index contributed by atoms with van der Waals surface area (Å²) in [7, 11) is 0. The standard InChI is InChI=1S/C18H21N5O/c19-13-15-4-1-6-17(12-15)24-11-9-20-16-5-3-10-23(14-16)18-7-2-8-21-22-18/h1-2,4,6-8,12,16,20H,3,5,9-11,14H2/t16-/m0/s1. The van der Waals surface area contributed by atoms with Crippen LogP contribution in [0, 0.1) is 11.3 Å². The minimum atomic E-state index is 0.426. The second-order valence-corrected chi connectivity index (χ2v) is 5.81. The molecule has 1 aliphatic heterocycles. The first-order chi connectivity index (χ1) is 11.8. The van der Waals surface area contributed by atoms with E-state index in [4.69, 9.17) is 10.00 Å². The van der Waals surface area contributed by atoms with E-state index in [1.165, 1.54) is 0 Å². The second-order valence-electron chi connectivity index (χ2n) is 5.81. The monoisotopic (exact) mass is 323 g/mol. The minimum absolute atomic E-state index is 0.426. The molecule has 2 heterocycles. The van der Waals surface area contributed by atoms with E-state index in [9.17, 15) is 0 Å². The summed E-state index contributed by atoms with van der Waals surface area (Å²) < 4.78 is 5.70. The fourth-order valence-electron chi connectivity index (χ4n) is 2.90. The van der Waals surface area contributed by atoms with Crippen LogP contribution in [-0.4, -0.2) is 42.5 Å². The van der Waals surface area contributed by atoms with Crippen molar-refractivity contribution in [2.45, 2.75) is 18.9 Å². The third kappa shape index (κ3) is 4.43. The summed E-state index contributed by atoms with van der Waals surface area (Å²) in [4.78, 5) is 2.27. The average molecular weight is 323 g/mol. The molecule has 1 atom stereocenters. The highest BCUT2D eigenvalue weighted by atomic mass is 16.5. The minimum Gasteiger partial charge on any atom is -0.492 e. The zero-order chi connectivity index (χ0) is 16.6. The predicted molar refractivity (Wildman–Crippen MR) is 91.9 cm³/mol. The van der Waals surface area contributed by atoms with Crippen molar-refractivity contribution in [2.75, 3.05) is 31.1 Å². The van der Waals surface area contributed by atoms with Crippen molar-refractivity contribution in [2.24, 2.45) is 0 Å². The van der Waals surface area contributed by atoms with Gasteiger partial charge in [0.1, 0.15) is 12.4 Å². The number of anilines is 1. The highest BCUT2D eigenvalue weighted by Crippen LogP contribution is 2.16. The third-order valence-corrected chi connectivity index (χ3v) is 4.07. The Morgan fingerprint density at radius 3 is 3.12 bits per heavy atom. The number of nitriles is 1. The molecule has 1 fully saturated rings. The summed E-state index contributed by atoms with van der Waals surface area (Å²) in [5.41, 5.74) is 0.618. The molecule has 3 rings (SSSR count). The number of benzene rings is 1. The van der Waals surface area contributed by atoms with Crippen LogP contribution in [-0.2, 0) is 0 Å². The van der Waals surface area contributed by atoms with Gasteiger partial charge in [-0.25, -0.2) is 0 Å². The lowest BCUT2D eigenvalue weighted by molar-refractivity contribution is 0.297. The van der Waals surface area contributed by atoms with E-state index < -0.39 is 0 Å². The first-order valence-corrected chi connectivity index (χ1v) is 8.24. The second kappa shape index (κ2) is 8.27. The van der Waals surface area contributed by atoms with Gasteiger partial charge < -0.3 is 15.0 Å². The van der Waals surface area contributed by atoms with Gasteiger partial charge >= 0.3 is 0 Å². The average Bonchev–Trinajstić information content (AvgIpc) is 2.66. The molecular weight excluding hydrogens is 302 g/mol. The van der Waals surface area contributed by atoms with E-state index in [2.05, 4.69) is 26.5 Å². The van der Waals surface area contributed by atoms with Crippen molar-refractivity contribution in [3.05, 3.63) is 48.2 Å². The SMILES string of the molecule is N#Cc1cccc(OCCN[C@H]2CCCN(c3cccnn3)C2)c1. The van der Waals surface area contributed by atoms with Gasteiger partial charge in [-0.15, -0.1) is 5.10 Å². The van der Waals surface area contributed by atoms with E-state index in [0.29, 0.717) is 18.2 Å². The molecule has 1 aromatic heterocycles. The van der Waals surface area contributed by atoms with Crippen LogP contribution < -0.4 is 15.0 Å². The number of piperidine rings is 1. The Balaban J connectivity index is 1.42. The maximum atomic E-state index is 8.89. The third-order valence-electron chi connectivity index (χ3n) is 4.07. The Hall–Kier alpha value is -2.65. The van der Waals surface area contributed by atoms with Crippen LogP contribution in [0.1, 0.15) is 18.4 Å². The molecule has 6 nitrogen and oxygen atoms in total. The van der Waals surface area contributed by atoms with Gasteiger partial charge in [0.05, 0.1) is 11.6 Å². The Morgan fingerprint density at radius 2 is 2.29 bits per heavy atom. The van der Waals surface area contributed by atoms with Gasteiger partial charge in [0, 0.05) is 31.9 Å². The molecule has 124 valence electrons. The Kier molecular flexibility index (Phi) is 5.59. The van der Waals surface area contributed by atoms with Crippen LogP contribution in [0.4, 0.5) is 5.82 Å². The summed E-state index contributed by atoms with van der Waals surface area (Å²) in [6, 6.07) is 13.7. The van der Waals surface area contributed by atoms with Crippen LogP contribution in [0.2, 0.25) is 0 Å². The lowest BCUT2D eigenvalue weighted by Crippen LogP contribution is -2.47. The molecule has 0 radical (unpaired) electrons. The van der Waals surface area contributed by atoms with Crippen LogP contribution >= 0.6 is 0 Å². The number of nitrogens with one attached hydrogen (secondary N) is 1. The Labute approximate surface area is 142 Å². The molecular formula is C18H21N5O. The van der Waals surface area contributed by atoms with Crippen molar-refractivity contribution in [3.63, 3.8) is 0 Å². The molecule has 24 heavy (non-hydrogen) atoms. The van der Waals surface area contributed by atoms with Gasteiger partial charge in [0.15, 0.2) is 5.82 Å². The Morgan fingerprint density at radius 1 is 1.33 bits per heavy atom. The van der Waals surface area contributed by atoms with Crippen molar-refractivity contribution < 1.29 is 4.74 Å². The molecule has 0 unspecified atom stereocenters. The van der Waals surface area contributed by atoms with Gasteiger partial charge in [0.25, 0.3) is 0 Å². The van der Waals surface area contributed by atoms with Crippen molar-refractivity contribution in [1.29, 1.82) is 5.26 Å². The van der Waals surface area contributed by atoms with Gasteiger partial charge in [-0.2, -0.15) is 10.4 Å². The fourth-order valence-corrected chi connectivity index (χ4v) is 2.90. The molecule has 1 aliphatic rings. The van der Waals surface area contributed by atoms with Crippen molar-refractivity contribution in [3.8, 4) is 11.8 Å². The zero-order valence-corrected chi connectivity index (χ0v) is 13.6. The largest absolute Gasteiger partial charge is 0.492 e. The number of hydrogen-bond donors (Lipinski definition) is 1. The smallest absolute Gasteiger partial charge is 0.151 e. The highest BCUT2D eigenvalue weighted by molar-refractivity contribution is 5.37.